The Kier molecular flexibility index (Phi) is 4.68. The predicted octanol–water partition coefficient (Wildman–Crippen LogP) is 1.41. The van der Waals surface area contributed by atoms with E-state index in [-0.39, 0.29) is 17.9 Å². The van der Waals surface area contributed by atoms with Gasteiger partial charge in [-0.05, 0) is 28.5 Å². The maximum Gasteiger partial charge on any atom is 0.231 e. The van der Waals surface area contributed by atoms with Gasteiger partial charge in [-0.25, -0.2) is 0 Å². The molecule has 1 saturated heterocycles. The van der Waals surface area contributed by atoms with Crippen molar-refractivity contribution in [3.05, 3.63) is 22.9 Å². The van der Waals surface area contributed by atoms with Gasteiger partial charge < -0.3 is 15.4 Å². The van der Waals surface area contributed by atoms with E-state index in [1.165, 1.54) is 0 Å². The lowest BCUT2D eigenvalue weighted by Crippen LogP contribution is -2.41. The summed E-state index contributed by atoms with van der Waals surface area (Å²) in [6, 6.07) is 1.86. The number of pyridine rings is 1. The summed E-state index contributed by atoms with van der Waals surface area (Å²) in [6.07, 6.45) is 3.30. The molecule has 0 bridgehead atoms. The minimum absolute atomic E-state index is 0.0228. The van der Waals surface area contributed by atoms with Crippen LogP contribution < -0.4 is 10.6 Å². The third kappa shape index (κ3) is 3.07. The molecule has 2 unspecified atom stereocenters. The number of rotatable bonds is 4. The number of carbonyl (C=O) groups excluding carboxylic acids is 1. The van der Waals surface area contributed by atoms with E-state index in [0.29, 0.717) is 13.2 Å². The second-order valence-electron chi connectivity index (χ2n) is 4.15. The lowest BCUT2D eigenvalue weighted by molar-refractivity contribution is -0.120. The van der Waals surface area contributed by atoms with Crippen LogP contribution in [0.25, 0.3) is 0 Å². The fraction of sp³-hybridized carbons (Fsp3) is 0.500. The average molecular weight is 314 g/mol. The highest BCUT2D eigenvalue weighted by atomic mass is 79.9. The molecule has 1 aliphatic rings. The molecule has 2 rings (SSSR count). The number of likely N-dealkylation sites (N-methyl/N-ethyl adjacent to an activating group) is 1. The Morgan fingerprint density at radius 3 is 3.17 bits per heavy atom. The first-order valence-electron chi connectivity index (χ1n) is 5.94. The van der Waals surface area contributed by atoms with Gasteiger partial charge in [0.2, 0.25) is 5.91 Å². The van der Waals surface area contributed by atoms with E-state index in [1.807, 2.05) is 6.92 Å². The second kappa shape index (κ2) is 6.26. The molecule has 1 aromatic heterocycles. The molecule has 18 heavy (non-hydrogen) atoms. The number of aromatic nitrogens is 1. The molecule has 5 nitrogen and oxygen atoms in total. The maximum atomic E-state index is 12.2. The summed E-state index contributed by atoms with van der Waals surface area (Å²) >= 11 is 3.36. The number of anilines is 1. The van der Waals surface area contributed by atoms with Crippen LogP contribution in [0.4, 0.5) is 5.69 Å². The molecular formula is C12H16BrN3O2. The lowest BCUT2D eigenvalue weighted by Gasteiger charge is -2.18. The summed E-state index contributed by atoms with van der Waals surface area (Å²) in [5, 5.41) is 6.16. The molecule has 1 aliphatic heterocycles. The summed E-state index contributed by atoms with van der Waals surface area (Å²) < 4.78 is 6.14. The fourth-order valence-corrected chi connectivity index (χ4v) is 2.33. The van der Waals surface area contributed by atoms with Gasteiger partial charge in [0, 0.05) is 18.4 Å². The molecule has 1 fully saturated rings. The molecule has 2 heterocycles. The van der Waals surface area contributed by atoms with Crippen molar-refractivity contribution >= 4 is 27.5 Å². The SMILES string of the molecule is CCNC1COCC1C(=O)Nc1ccncc1Br. The fourth-order valence-electron chi connectivity index (χ4n) is 1.98. The minimum atomic E-state index is -0.148. The normalized spacial score (nSPS) is 23.0. The number of nitrogens with zero attached hydrogens (tertiary/aromatic N) is 1. The zero-order valence-corrected chi connectivity index (χ0v) is 11.7. The van der Waals surface area contributed by atoms with Gasteiger partial charge in [-0.3, -0.25) is 9.78 Å². The first kappa shape index (κ1) is 13.5. The number of halogens is 1. The highest BCUT2D eigenvalue weighted by Gasteiger charge is 2.33. The Labute approximate surface area is 114 Å². The summed E-state index contributed by atoms with van der Waals surface area (Å²) in [6.45, 7) is 3.90. The monoisotopic (exact) mass is 313 g/mol. The first-order chi connectivity index (χ1) is 8.72. The number of amides is 1. The van der Waals surface area contributed by atoms with Crippen LogP contribution in [-0.4, -0.2) is 36.7 Å². The van der Waals surface area contributed by atoms with Gasteiger partial charge in [0.05, 0.1) is 29.3 Å². The van der Waals surface area contributed by atoms with E-state index >= 15 is 0 Å². The quantitative estimate of drug-likeness (QED) is 0.882. The lowest BCUT2D eigenvalue weighted by atomic mass is 10.0. The Hall–Kier alpha value is -0.980. The zero-order chi connectivity index (χ0) is 13.0. The number of ether oxygens (including phenoxy) is 1. The van der Waals surface area contributed by atoms with Crippen molar-refractivity contribution in [2.45, 2.75) is 13.0 Å². The molecule has 1 aromatic rings. The van der Waals surface area contributed by atoms with Gasteiger partial charge in [-0.1, -0.05) is 6.92 Å². The van der Waals surface area contributed by atoms with Crippen molar-refractivity contribution in [2.75, 3.05) is 25.1 Å². The summed E-state index contributed by atoms with van der Waals surface area (Å²) in [5.74, 6) is -0.171. The first-order valence-corrected chi connectivity index (χ1v) is 6.73. The molecule has 2 N–H and O–H groups in total. The average Bonchev–Trinajstić information content (AvgIpc) is 2.81. The summed E-state index contributed by atoms with van der Waals surface area (Å²) in [4.78, 5) is 16.1. The predicted molar refractivity (Wildman–Crippen MR) is 72.3 cm³/mol. The van der Waals surface area contributed by atoms with Gasteiger partial charge in [0.1, 0.15) is 0 Å². The summed E-state index contributed by atoms with van der Waals surface area (Å²) in [5.41, 5.74) is 0.733. The molecule has 0 spiro atoms. The topological polar surface area (TPSA) is 63.2 Å². The number of nitrogens with one attached hydrogen (secondary N) is 2. The second-order valence-corrected chi connectivity index (χ2v) is 5.01. The van der Waals surface area contributed by atoms with Crippen LogP contribution in [0.15, 0.2) is 22.9 Å². The number of hydrogen-bond acceptors (Lipinski definition) is 4. The van der Waals surface area contributed by atoms with Crippen LogP contribution >= 0.6 is 15.9 Å². The molecule has 0 radical (unpaired) electrons. The number of carbonyl (C=O) groups is 1. The highest BCUT2D eigenvalue weighted by Crippen LogP contribution is 2.22. The van der Waals surface area contributed by atoms with Gasteiger partial charge in [0.25, 0.3) is 0 Å². The standard InChI is InChI=1S/C12H16BrN3O2/c1-2-15-11-7-18-6-8(11)12(17)16-10-3-4-14-5-9(10)13/h3-5,8,11,15H,2,6-7H2,1H3,(H,14,16,17). The van der Waals surface area contributed by atoms with E-state index in [9.17, 15) is 4.79 Å². The molecule has 0 aromatic carbocycles. The van der Waals surface area contributed by atoms with Gasteiger partial charge in [0.15, 0.2) is 0 Å². The third-order valence-corrected chi connectivity index (χ3v) is 3.55. The molecule has 1 amide bonds. The molecule has 98 valence electrons. The van der Waals surface area contributed by atoms with Crippen molar-refractivity contribution in [3.8, 4) is 0 Å². The molecular weight excluding hydrogens is 298 g/mol. The van der Waals surface area contributed by atoms with E-state index < -0.39 is 0 Å². The molecule has 0 saturated carbocycles. The largest absolute Gasteiger partial charge is 0.379 e. The molecule has 0 aliphatic carbocycles. The molecule has 6 heteroatoms. The van der Waals surface area contributed by atoms with Crippen LogP contribution in [0.3, 0.4) is 0 Å². The smallest absolute Gasteiger partial charge is 0.231 e. The zero-order valence-electron chi connectivity index (χ0n) is 10.1. The number of hydrogen-bond donors (Lipinski definition) is 2. The Bertz CT molecular complexity index is 428. The van der Waals surface area contributed by atoms with Crippen LogP contribution in [-0.2, 0) is 9.53 Å². The van der Waals surface area contributed by atoms with Crippen molar-refractivity contribution in [3.63, 3.8) is 0 Å². The van der Waals surface area contributed by atoms with Crippen molar-refractivity contribution in [1.29, 1.82) is 0 Å². The highest BCUT2D eigenvalue weighted by molar-refractivity contribution is 9.10. The van der Waals surface area contributed by atoms with Crippen LogP contribution in [0.5, 0.6) is 0 Å². The Balaban J connectivity index is 2.01. The third-order valence-electron chi connectivity index (χ3n) is 2.91. The van der Waals surface area contributed by atoms with E-state index in [0.717, 1.165) is 16.7 Å². The van der Waals surface area contributed by atoms with E-state index in [4.69, 9.17) is 4.74 Å². The van der Waals surface area contributed by atoms with Crippen molar-refractivity contribution in [2.24, 2.45) is 5.92 Å². The Morgan fingerprint density at radius 1 is 1.61 bits per heavy atom. The van der Waals surface area contributed by atoms with E-state index in [1.54, 1.807) is 18.5 Å². The van der Waals surface area contributed by atoms with Crippen molar-refractivity contribution < 1.29 is 9.53 Å². The van der Waals surface area contributed by atoms with Gasteiger partial charge in [-0.15, -0.1) is 0 Å². The maximum absolute atomic E-state index is 12.2. The minimum Gasteiger partial charge on any atom is -0.379 e. The van der Waals surface area contributed by atoms with Crippen molar-refractivity contribution in [1.82, 2.24) is 10.3 Å². The Morgan fingerprint density at radius 2 is 2.44 bits per heavy atom. The van der Waals surface area contributed by atoms with Crippen LogP contribution in [0.1, 0.15) is 6.92 Å². The van der Waals surface area contributed by atoms with Gasteiger partial charge >= 0.3 is 0 Å². The summed E-state index contributed by atoms with van der Waals surface area (Å²) in [7, 11) is 0. The van der Waals surface area contributed by atoms with Crippen LogP contribution in [0.2, 0.25) is 0 Å². The van der Waals surface area contributed by atoms with Gasteiger partial charge in [-0.2, -0.15) is 0 Å². The van der Waals surface area contributed by atoms with E-state index in [2.05, 4.69) is 31.5 Å². The van der Waals surface area contributed by atoms with Crippen LogP contribution in [0, 0.1) is 5.92 Å². The molecule has 2 atom stereocenters.